The molecule has 0 unspecified atom stereocenters. The van der Waals surface area contributed by atoms with E-state index < -0.39 is 0 Å². The van der Waals surface area contributed by atoms with Gasteiger partial charge in [-0.05, 0) is 55.0 Å². The largest absolute Gasteiger partial charge is 0.360 e. The van der Waals surface area contributed by atoms with E-state index in [9.17, 15) is 4.39 Å². The third-order valence-corrected chi connectivity index (χ3v) is 5.55. The average molecular weight is 385 g/mol. The molecule has 0 atom stereocenters. The molecule has 0 aliphatic carbocycles. The lowest BCUT2D eigenvalue weighted by Gasteiger charge is -2.33. The zero-order valence-electron chi connectivity index (χ0n) is 15.3. The molecule has 0 amide bonds. The van der Waals surface area contributed by atoms with Gasteiger partial charge in [-0.1, -0.05) is 18.2 Å². The number of nitrogens with zero attached hydrogens (tertiary/aromatic N) is 4. The number of benzene rings is 2. The van der Waals surface area contributed by atoms with Crippen LogP contribution in [0.2, 0.25) is 0 Å². The summed E-state index contributed by atoms with van der Waals surface area (Å²) in [5.74, 6) is -0.193. The van der Waals surface area contributed by atoms with E-state index in [-0.39, 0.29) is 5.82 Å². The predicted molar refractivity (Wildman–Crippen MR) is 106 cm³/mol. The number of hydrogen-bond donors (Lipinski definition) is 1. The summed E-state index contributed by atoms with van der Waals surface area (Å²) in [6, 6.07) is 14.9. The Hall–Kier alpha value is -2.51. The van der Waals surface area contributed by atoms with Gasteiger partial charge in [0.2, 0.25) is 4.77 Å². The van der Waals surface area contributed by atoms with E-state index in [1.807, 2.05) is 33.5 Å². The van der Waals surface area contributed by atoms with Crippen LogP contribution in [-0.2, 0) is 6.67 Å². The molecule has 0 spiro atoms. The number of anilines is 1. The van der Waals surface area contributed by atoms with Crippen molar-refractivity contribution in [3.63, 3.8) is 0 Å². The van der Waals surface area contributed by atoms with E-state index in [0.29, 0.717) is 0 Å². The van der Waals surface area contributed by atoms with Crippen LogP contribution in [0.4, 0.5) is 10.1 Å². The highest BCUT2D eigenvalue weighted by molar-refractivity contribution is 7.71. The van der Waals surface area contributed by atoms with Crippen molar-refractivity contribution < 1.29 is 9.29 Å². The normalized spacial score (nSPS) is 15.3. The van der Waals surface area contributed by atoms with E-state index in [1.165, 1.54) is 22.6 Å². The van der Waals surface area contributed by atoms with Crippen LogP contribution in [-0.4, -0.2) is 40.5 Å². The summed E-state index contributed by atoms with van der Waals surface area (Å²) in [7, 11) is 0. The van der Waals surface area contributed by atoms with Crippen molar-refractivity contribution in [2.75, 3.05) is 31.1 Å². The lowest BCUT2D eigenvalue weighted by molar-refractivity contribution is -0.924. The summed E-state index contributed by atoms with van der Waals surface area (Å²) in [6.07, 6.45) is 1.80. The summed E-state index contributed by atoms with van der Waals surface area (Å²) in [5, 5.41) is 4.51. The molecular weight excluding hydrogens is 361 g/mol. The minimum atomic E-state index is -0.193. The second kappa shape index (κ2) is 7.62. The van der Waals surface area contributed by atoms with Gasteiger partial charge >= 0.3 is 0 Å². The number of aromatic nitrogens is 3. The standard InChI is InChI=1S/C20H22FN5S/c1-16-4-2-3-5-19(16)25-14-22-26(20(25)27)15-23-10-12-24(13-11-23)18-8-6-17(21)7-9-18/h2-9,14H,10-13,15H2,1H3/p+1. The fraction of sp³-hybridized carbons (Fsp3) is 0.300. The molecule has 0 bridgehead atoms. The van der Waals surface area contributed by atoms with Crippen molar-refractivity contribution in [2.24, 2.45) is 0 Å². The van der Waals surface area contributed by atoms with Gasteiger partial charge in [0.15, 0.2) is 6.67 Å². The van der Waals surface area contributed by atoms with Crippen LogP contribution in [0.5, 0.6) is 0 Å². The smallest absolute Gasteiger partial charge is 0.207 e. The molecule has 0 radical (unpaired) electrons. The summed E-state index contributed by atoms with van der Waals surface area (Å²) in [4.78, 5) is 3.74. The van der Waals surface area contributed by atoms with Gasteiger partial charge in [-0.3, -0.25) is 4.57 Å². The fourth-order valence-electron chi connectivity index (χ4n) is 3.55. The van der Waals surface area contributed by atoms with E-state index in [1.54, 1.807) is 6.33 Å². The Labute approximate surface area is 163 Å². The average Bonchev–Trinajstić information content (AvgIpc) is 3.04. The van der Waals surface area contributed by atoms with Crippen LogP contribution in [0, 0.1) is 17.5 Å². The highest BCUT2D eigenvalue weighted by Gasteiger charge is 2.21. The third kappa shape index (κ3) is 3.79. The molecular formula is C20H23FN5S+. The first-order valence-corrected chi connectivity index (χ1v) is 9.57. The minimum absolute atomic E-state index is 0.193. The highest BCUT2D eigenvalue weighted by atomic mass is 32.1. The Bertz CT molecular complexity index is 971. The minimum Gasteiger partial charge on any atom is -0.360 e. The first kappa shape index (κ1) is 17.9. The van der Waals surface area contributed by atoms with Gasteiger partial charge in [0.25, 0.3) is 0 Å². The molecule has 5 nitrogen and oxygen atoms in total. The van der Waals surface area contributed by atoms with E-state index in [4.69, 9.17) is 12.2 Å². The molecule has 1 aromatic heterocycles. The molecule has 140 valence electrons. The maximum Gasteiger partial charge on any atom is 0.207 e. The number of piperazine rings is 1. The van der Waals surface area contributed by atoms with Crippen LogP contribution < -0.4 is 9.80 Å². The van der Waals surface area contributed by atoms with Crippen molar-refractivity contribution in [2.45, 2.75) is 13.6 Å². The van der Waals surface area contributed by atoms with Crippen molar-refractivity contribution in [1.82, 2.24) is 14.3 Å². The Kier molecular flexibility index (Phi) is 5.05. The molecule has 1 saturated heterocycles. The van der Waals surface area contributed by atoms with Gasteiger partial charge in [-0.25, -0.2) is 4.39 Å². The lowest BCUT2D eigenvalue weighted by Crippen LogP contribution is -3.14. The summed E-state index contributed by atoms with van der Waals surface area (Å²) >= 11 is 5.65. The monoisotopic (exact) mass is 384 g/mol. The summed E-state index contributed by atoms with van der Waals surface area (Å²) in [6.45, 7) is 6.70. The number of nitrogens with one attached hydrogen (secondary N) is 1. The Morgan fingerprint density at radius 1 is 1.07 bits per heavy atom. The lowest BCUT2D eigenvalue weighted by atomic mass is 10.2. The molecule has 1 N–H and O–H groups in total. The number of quaternary nitrogens is 1. The topological polar surface area (TPSA) is 30.4 Å². The van der Waals surface area contributed by atoms with Crippen LogP contribution in [0.15, 0.2) is 54.9 Å². The second-order valence-electron chi connectivity index (χ2n) is 6.94. The van der Waals surface area contributed by atoms with Gasteiger partial charge in [-0.15, -0.1) is 0 Å². The third-order valence-electron chi connectivity index (χ3n) is 5.14. The first-order valence-electron chi connectivity index (χ1n) is 9.16. The van der Waals surface area contributed by atoms with Crippen molar-refractivity contribution in [1.29, 1.82) is 0 Å². The van der Waals surface area contributed by atoms with Crippen molar-refractivity contribution >= 4 is 17.9 Å². The number of aryl methyl sites for hydroxylation is 1. The maximum atomic E-state index is 13.1. The van der Waals surface area contributed by atoms with Crippen LogP contribution in [0.25, 0.3) is 5.69 Å². The quantitative estimate of drug-likeness (QED) is 0.700. The molecule has 7 heteroatoms. The van der Waals surface area contributed by atoms with Crippen molar-refractivity contribution in [3.8, 4) is 5.69 Å². The zero-order chi connectivity index (χ0) is 18.8. The zero-order valence-corrected chi connectivity index (χ0v) is 16.1. The number of hydrogen-bond acceptors (Lipinski definition) is 3. The van der Waals surface area contributed by atoms with Gasteiger partial charge < -0.3 is 9.80 Å². The molecule has 27 heavy (non-hydrogen) atoms. The van der Waals surface area contributed by atoms with Crippen LogP contribution in [0.3, 0.4) is 0 Å². The van der Waals surface area contributed by atoms with E-state index >= 15 is 0 Å². The number of halogens is 1. The van der Waals surface area contributed by atoms with E-state index in [0.717, 1.165) is 49.0 Å². The highest BCUT2D eigenvalue weighted by Crippen LogP contribution is 2.15. The molecule has 0 saturated carbocycles. The van der Waals surface area contributed by atoms with Gasteiger partial charge in [0.1, 0.15) is 12.1 Å². The Morgan fingerprint density at radius 2 is 1.78 bits per heavy atom. The molecule has 2 aromatic carbocycles. The number of para-hydroxylation sites is 1. The maximum absolute atomic E-state index is 13.1. The first-order chi connectivity index (χ1) is 13.1. The van der Waals surface area contributed by atoms with Crippen LogP contribution >= 0.6 is 12.2 Å². The Morgan fingerprint density at radius 3 is 2.48 bits per heavy atom. The fourth-order valence-corrected chi connectivity index (χ4v) is 3.80. The van der Waals surface area contributed by atoms with Crippen LogP contribution in [0.1, 0.15) is 5.56 Å². The molecule has 4 rings (SSSR count). The van der Waals surface area contributed by atoms with Gasteiger partial charge in [0, 0.05) is 5.69 Å². The summed E-state index contributed by atoms with van der Waals surface area (Å²) < 4.78 is 17.7. The number of rotatable bonds is 4. The van der Waals surface area contributed by atoms with Crippen molar-refractivity contribution in [3.05, 3.63) is 71.0 Å². The van der Waals surface area contributed by atoms with Gasteiger partial charge in [-0.2, -0.15) is 9.78 Å². The molecule has 3 aromatic rings. The van der Waals surface area contributed by atoms with E-state index in [2.05, 4.69) is 29.1 Å². The summed E-state index contributed by atoms with van der Waals surface area (Å²) in [5.41, 5.74) is 3.33. The van der Waals surface area contributed by atoms with Gasteiger partial charge in [0.05, 0.1) is 31.9 Å². The Balaban J connectivity index is 1.42. The predicted octanol–water partition coefficient (Wildman–Crippen LogP) is 2.21. The molecule has 1 aliphatic heterocycles. The molecule has 1 fully saturated rings. The molecule has 1 aliphatic rings. The molecule has 2 heterocycles. The SMILES string of the molecule is Cc1ccccc1-n1cnn(C[NH+]2CCN(c3ccc(F)cc3)CC2)c1=S. The second-order valence-corrected chi connectivity index (χ2v) is 7.31.